The minimum absolute atomic E-state index is 0.129. The molecule has 2 aromatic carbocycles. The van der Waals surface area contributed by atoms with E-state index in [-0.39, 0.29) is 24.1 Å². The van der Waals surface area contributed by atoms with Gasteiger partial charge in [0.2, 0.25) is 11.8 Å². The zero-order chi connectivity index (χ0) is 20.5. The Bertz CT molecular complexity index is 772. The maximum atomic E-state index is 13.2. The molecule has 1 atom stereocenters. The lowest BCUT2D eigenvalue weighted by Gasteiger charge is -2.31. The molecule has 2 amide bonds. The van der Waals surface area contributed by atoms with E-state index in [4.69, 9.17) is 0 Å². The molecule has 0 radical (unpaired) electrons. The molecule has 0 aliphatic heterocycles. The lowest BCUT2D eigenvalue weighted by molar-refractivity contribution is -0.140. The van der Waals surface area contributed by atoms with E-state index in [0.717, 1.165) is 23.1 Å². The summed E-state index contributed by atoms with van der Waals surface area (Å²) in [6.07, 6.45) is 1.49. The second-order valence-corrected chi connectivity index (χ2v) is 7.03. The molecule has 0 aliphatic carbocycles. The Morgan fingerprint density at radius 3 is 2.18 bits per heavy atom. The summed E-state index contributed by atoms with van der Waals surface area (Å²) in [6, 6.07) is 13.3. The molecule has 0 unspecified atom stereocenters. The molecular weight excluding hydrogens is 355 g/mol. The molecule has 0 aliphatic rings. The minimum Gasteiger partial charge on any atom is -0.354 e. The first-order valence-electron chi connectivity index (χ1n) is 9.81. The van der Waals surface area contributed by atoms with Crippen molar-refractivity contribution in [1.29, 1.82) is 0 Å². The van der Waals surface area contributed by atoms with Crippen LogP contribution in [0.5, 0.6) is 0 Å². The van der Waals surface area contributed by atoms with Crippen LogP contribution < -0.4 is 5.32 Å². The van der Waals surface area contributed by atoms with Crippen LogP contribution in [0.2, 0.25) is 0 Å². The number of nitrogens with zero attached hydrogens (tertiary/aromatic N) is 1. The molecule has 5 heteroatoms. The van der Waals surface area contributed by atoms with E-state index in [1.54, 1.807) is 17.0 Å². The van der Waals surface area contributed by atoms with Crippen molar-refractivity contribution in [2.75, 3.05) is 6.54 Å². The molecular formula is C23H29FN2O2. The summed E-state index contributed by atoms with van der Waals surface area (Å²) < 4.78 is 13.2. The van der Waals surface area contributed by atoms with Crippen molar-refractivity contribution in [2.24, 2.45) is 0 Å². The second-order valence-electron chi connectivity index (χ2n) is 7.03. The zero-order valence-corrected chi connectivity index (χ0v) is 16.9. The third-order valence-electron chi connectivity index (χ3n) is 4.68. The van der Waals surface area contributed by atoms with E-state index in [2.05, 4.69) is 5.32 Å². The number of benzene rings is 2. The summed E-state index contributed by atoms with van der Waals surface area (Å²) in [5, 5.41) is 2.90. The number of halogens is 1. The van der Waals surface area contributed by atoms with Crippen LogP contribution in [0.1, 0.15) is 43.4 Å². The standard InChI is InChI=1S/C23H29FN2O2/c1-4-14-25-23(28)21(5-2)26(16-19-8-6-17(3)7-9-19)22(27)15-18-10-12-20(24)13-11-18/h6-13,21H,4-5,14-16H2,1-3H3,(H,25,28)/t21-/m0/s1. The fourth-order valence-electron chi connectivity index (χ4n) is 3.05. The van der Waals surface area contributed by atoms with Gasteiger partial charge in [0.1, 0.15) is 11.9 Å². The van der Waals surface area contributed by atoms with E-state index < -0.39 is 6.04 Å². The van der Waals surface area contributed by atoms with Gasteiger partial charge in [-0.1, -0.05) is 55.8 Å². The maximum Gasteiger partial charge on any atom is 0.242 e. The molecule has 0 fully saturated rings. The van der Waals surface area contributed by atoms with Crippen molar-refractivity contribution < 1.29 is 14.0 Å². The smallest absolute Gasteiger partial charge is 0.242 e. The fourth-order valence-corrected chi connectivity index (χ4v) is 3.05. The van der Waals surface area contributed by atoms with Crippen molar-refractivity contribution in [3.63, 3.8) is 0 Å². The number of hydrogen-bond donors (Lipinski definition) is 1. The van der Waals surface area contributed by atoms with Gasteiger partial charge in [0, 0.05) is 13.1 Å². The first-order chi connectivity index (χ1) is 13.4. The number of hydrogen-bond acceptors (Lipinski definition) is 2. The SMILES string of the molecule is CCCNC(=O)[C@H](CC)N(Cc1ccc(C)cc1)C(=O)Cc1ccc(F)cc1. The molecule has 0 spiro atoms. The van der Waals surface area contributed by atoms with E-state index in [0.29, 0.717) is 19.5 Å². The average molecular weight is 384 g/mol. The molecule has 4 nitrogen and oxygen atoms in total. The third-order valence-corrected chi connectivity index (χ3v) is 4.68. The number of carbonyl (C=O) groups is 2. The lowest BCUT2D eigenvalue weighted by Crippen LogP contribution is -2.49. The van der Waals surface area contributed by atoms with Crippen LogP contribution in [0, 0.1) is 12.7 Å². The monoisotopic (exact) mass is 384 g/mol. The molecule has 2 rings (SSSR count). The summed E-state index contributed by atoms with van der Waals surface area (Å²) in [5.41, 5.74) is 2.84. The van der Waals surface area contributed by atoms with Gasteiger partial charge in [0.15, 0.2) is 0 Å². The number of carbonyl (C=O) groups excluding carboxylic acids is 2. The van der Waals surface area contributed by atoms with Crippen LogP contribution in [-0.4, -0.2) is 29.3 Å². The topological polar surface area (TPSA) is 49.4 Å². The fraction of sp³-hybridized carbons (Fsp3) is 0.391. The predicted octanol–water partition coefficient (Wildman–Crippen LogP) is 4.01. The highest BCUT2D eigenvalue weighted by Gasteiger charge is 2.28. The van der Waals surface area contributed by atoms with Crippen LogP contribution in [0.4, 0.5) is 4.39 Å². The Balaban J connectivity index is 2.24. The van der Waals surface area contributed by atoms with Gasteiger partial charge >= 0.3 is 0 Å². The predicted molar refractivity (Wildman–Crippen MR) is 109 cm³/mol. The highest BCUT2D eigenvalue weighted by Crippen LogP contribution is 2.15. The molecule has 0 heterocycles. The van der Waals surface area contributed by atoms with Gasteiger partial charge in [-0.15, -0.1) is 0 Å². The molecule has 150 valence electrons. The van der Waals surface area contributed by atoms with Crippen molar-refractivity contribution in [3.8, 4) is 0 Å². The maximum absolute atomic E-state index is 13.2. The lowest BCUT2D eigenvalue weighted by atomic mass is 10.1. The summed E-state index contributed by atoms with van der Waals surface area (Å²) in [7, 11) is 0. The number of rotatable bonds is 9. The summed E-state index contributed by atoms with van der Waals surface area (Å²) >= 11 is 0. The van der Waals surface area contributed by atoms with Gasteiger partial charge in [-0.25, -0.2) is 4.39 Å². The van der Waals surface area contributed by atoms with E-state index >= 15 is 0 Å². The van der Waals surface area contributed by atoms with Crippen molar-refractivity contribution >= 4 is 11.8 Å². The third kappa shape index (κ3) is 6.19. The number of amides is 2. The van der Waals surface area contributed by atoms with Gasteiger partial charge in [0.25, 0.3) is 0 Å². The Hall–Kier alpha value is -2.69. The van der Waals surface area contributed by atoms with Gasteiger partial charge in [-0.3, -0.25) is 9.59 Å². The van der Waals surface area contributed by atoms with Gasteiger partial charge in [-0.2, -0.15) is 0 Å². The minimum atomic E-state index is -0.541. The molecule has 2 aromatic rings. The van der Waals surface area contributed by atoms with Gasteiger partial charge in [-0.05, 0) is 43.0 Å². The normalized spacial score (nSPS) is 11.7. The summed E-state index contributed by atoms with van der Waals surface area (Å²) in [6.45, 7) is 6.85. The highest BCUT2D eigenvalue weighted by atomic mass is 19.1. The molecule has 0 bridgehead atoms. The first-order valence-corrected chi connectivity index (χ1v) is 9.81. The highest BCUT2D eigenvalue weighted by molar-refractivity contribution is 5.88. The Morgan fingerprint density at radius 2 is 1.61 bits per heavy atom. The molecule has 0 saturated carbocycles. The van der Waals surface area contributed by atoms with Crippen LogP contribution in [0.15, 0.2) is 48.5 Å². The van der Waals surface area contributed by atoms with Crippen LogP contribution >= 0.6 is 0 Å². The number of nitrogens with one attached hydrogen (secondary N) is 1. The largest absolute Gasteiger partial charge is 0.354 e. The van der Waals surface area contributed by atoms with Gasteiger partial charge in [0.05, 0.1) is 6.42 Å². The number of aryl methyl sites for hydroxylation is 1. The van der Waals surface area contributed by atoms with E-state index in [1.165, 1.54) is 12.1 Å². The Kier molecular flexibility index (Phi) is 8.18. The van der Waals surface area contributed by atoms with Crippen LogP contribution in [0.3, 0.4) is 0 Å². The van der Waals surface area contributed by atoms with Crippen LogP contribution in [0.25, 0.3) is 0 Å². The molecule has 0 saturated heterocycles. The zero-order valence-electron chi connectivity index (χ0n) is 16.9. The summed E-state index contributed by atoms with van der Waals surface area (Å²) in [5.74, 6) is -0.618. The molecule has 1 N–H and O–H groups in total. The van der Waals surface area contributed by atoms with Gasteiger partial charge < -0.3 is 10.2 Å². The second kappa shape index (κ2) is 10.6. The van der Waals surface area contributed by atoms with Crippen molar-refractivity contribution in [3.05, 3.63) is 71.0 Å². The van der Waals surface area contributed by atoms with E-state index in [9.17, 15) is 14.0 Å². The first kappa shape index (κ1) is 21.6. The average Bonchev–Trinajstić information content (AvgIpc) is 2.69. The Labute approximate surface area is 166 Å². The van der Waals surface area contributed by atoms with E-state index in [1.807, 2.05) is 45.0 Å². The molecule has 0 aromatic heterocycles. The Morgan fingerprint density at radius 1 is 1.00 bits per heavy atom. The van der Waals surface area contributed by atoms with Crippen molar-refractivity contribution in [2.45, 2.75) is 52.6 Å². The molecule has 28 heavy (non-hydrogen) atoms. The quantitative estimate of drug-likeness (QED) is 0.710. The van der Waals surface area contributed by atoms with Crippen molar-refractivity contribution in [1.82, 2.24) is 10.2 Å². The summed E-state index contributed by atoms with van der Waals surface area (Å²) in [4.78, 5) is 27.4. The van der Waals surface area contributed by atoms with Crippen LogP contribution in [-0.2, 0) is 22.6 Å².